The molecule has 0 spiro atoms. The first-order valence-corrected chi connectivity index (χ1v) is 11.3. The zero-order valence-electron chi connectivity index (χ0n) is 18.1. The van der Waals surface area contributed by atoms with Crippen LogP contribution >= 0.6 is 0 Å². The zero-order chi connectivity index (χ0) is 23.6. The van der Waals surface area contributed by atoms with Crippen molar-refractivity contribution in [1.82, 2.24) is 18.7 Å². The first-order chi connectivity index (χ1) is 15.1. The van der Waals surface area contributed by atoms with Gasteiger partial charge in [0.1, 0.15) is 16.4 Å². The van der Waals surface area contributed by atoms with Crippen LogP contribution in [-0.4, -0.2) is 51.0 Å². The second kappa shape index (κ2) is 8.93. The predicted molar refractivity (Wildman–Crippen MR) is 118 cm³/mol. The number of carbonyl (C=O) groups excluding carboxylic acids is 1. The maximum Gasteiger partial charge on any atom is 0.273 e. The van der Waals surface area contributed by atoms with Crippen LogP contribution in [0.4, 0.5) is 11.5 Å². The molecular formula is C20H24N6O5S. The lowest BCUT2D eigenvalue weighted by molar-refractivity contribution is -0.384. The summed E-state index contributed by atoms with van der Waals surface area (Å²) < 4.78 is 29.8. The van der Waals surface area contributed by atoms with Gasteiger partial charge >= 0.3 is 0 Å². The molecule has 2 aromatic heterocycles. The highest BCUT2D eigenvalue weighted by Crippen LogP contribution is 2.22. The summed E-state index contributed by atoms with van der Waals surface area (Å²) in [5, 5.41) is 18.0. The van der Waals surface area contributed by atoms with E-state index in [2.05, 4.69) is 10.4 Å². The lowest BCUT2D eigenvalue weighted by atomic mass is 10.3. The number of non-ortho nitro benzene ring substituents is 1. The first-order valence-electron chi connectivity index (χ1n) is 9.87. The molecule has 0 unspecified atom stereocenters. The Balaban J connectivity index is 1.91. The van der Waals surface area contributed by atoms with E-state index in [9.17, 15) is 23.3 Å². The Morgan fingerprint density at radius 3 is 2.38 bits per heavy atom. The lowest BCUT2D eigenvalue weighted by Gasteiger charge is -2.17. The Labute approximate surface area is 185 Å². The van der Waals surface area contributed by atoms with E-state index in [-0.39, 0.29) is 16.3 Å². The Hall–Kier alpha value is -3.51. The van der Waals surface area contributed by atoms with Crippen LogP contribution < -0.4 is 5.32 Å². The minimum atomic E-state index is -3.71. The number of nitro benzene ring substituents is 1. The molecule has 1 N–H and O–H groups in total. The molecule has 2 heterocycles. The van der Waals surface area contributed by atoms with E-state index in [1.54, 1.807) is 33.9 Å². The van der Waals surface area contributed by atoms with Crippen LogP contribution in [0.2, 0.25) is 0 Å². The van der Waals surface area contributed by atoms with Crippen LogP contribution in [0.5, 0.6) is 0 Å². The Morgan fingerprint density at radius 1 is 1.19 bits per heavy atom. The molecule has 3 aromatic rings. The number of carbonyl (C=O) groups is 1. The average Bonchev–Trinajstić information content (AvgIpc) is 3.31. The minimum absolute atomic E-state index is 0.0360. The third-order valence-electron chi connectivity index (χ3n) is 4.93. The molecule has 0 radical (unpaired) electrons. The van der Waals surface area contributed by atoms with Crippen LogP contribution in [0, 0.1) is 17.0 Å². The second-order valence-corrected chi connectivity index (χ2v) is 9.01. The SMILES string of the molecule is CCN(CC)S(=O)(=O)c1cc(C(=O)Nc2cc(C)nn2-c2ccc([N+](=O)[O-])cc2)n(C)c1. The molecule has 0 fully saturated rings. The standard InChI is InChI=1S/C20H24N6O5S/c1-5-24(6-2)32(30,31)17-12-18(23(4)13-17)20(27)21-19-11-14(3)22-25(19)15-7-9-16(10-8-15)26(28)29/h7-13H,5-6H2,1-4H3,(H,21,27). The molecule has 12 heteroatoms. The van der Waals surface area contributed by atoms with E-state index in [0.29, 0.717) is 30.3 Å². The number of hydrogen-bond acceptors (Lipinski definition) is 6. The van der Waals surface area contributed by atoms with Crippen molar-refractivity contribution in [3.05, 3.63) is 64.1 Å². The average molecular weight is 461 g/mol. The van der Waals surface area contributed by atoms with Gasteiger partial charge in [0.05, 0.1) is 16.3 Å². The fourth-order valence-electron chi connectivity index (χ4n) is 3.29. The number of benzene rings is 1. The van der Waals surface area contributed by atoms with Crippen LogP contribution in [-0.2, 0) is 17.1 Å². The molecule has 1 aromatic carbocycles. The Morgan fingerprint density at radius 2 is 1.81 bits per heavy atom. The van der Waals surface area contributed by atoms with Gasteiger partial charge in [-0.1, -0.05) is 13.8 Å². The second-order valence-electron chi connectivity index (χ2n) is 7.07. The van der Waals surface area contributed by atoms with E-state index in [1.165, 1.54) is 50.1 Å². The number of anilines is 1. The van der Waals surface area contributed by atoms with Crippen molar-refractivity contribution in [2.24, 2.45) is 7.05 Å². The molecular weight excluding hydrogens is 436 g/mol. The van der Waals surface area contributed by atoms with Crippen molar-refractivity contribution in [3.63, 3.8) is 0 Å². The van der Waals surface area contributed by atoms with E-state index in [4.69, 9.17) is 0 Å². The number of nitro groups is 1. The maximum atomic E-state index is 12.9. The van der Waals surface area contributed by atoms with Crippen molar-refractivity contribution in [2.75, 3.05) is 18.4 Å². The minimum Gasteiger partial charge on any atom is -0.345 e. The highest BCUT2D eigenvalue weighted by Gasteiger charge is 2.26. The molecule has 32 heavy (non-hydrogen) atoms. The number of aryl methyl sites for hydroxylation is 2. The smallest absolute Gasteiger partial charge is 0.273 e. The maximum absolute atomic E-state index is 12.9. The molecule has 11 nitrogen and oxygen atoms in total. The van der Waals surface area contributed by atoms with Gasteiger partial charge in [-0.3, -0.25) is 14.9 Å². The number of nitrogens with one attached hydrogen (secondary N) is 1. The highest BCUT2D eigenvalue weighted by molar-refractivity contribution is 7.89. The van der Waals surface area contributed by atoms with Crippen molar-refractivity contribution < 1.29 is 18.1 Å². The molecule has 0 bridgehead atoms. The number of rotatable bonds is 8. The molecule has 0 aliphatic carbocycles. The Kier molecular flexibility index (Phi) is 6.46. The van der Waals surface area contributed by atoms with Crippen LogP contribution in [0.1, 0.15) is 30.0 Å². The summed E-state index contributed by atoms with van der Waals surface area (Å²) >= 11 is 0. The summed E-state index contributed by atoms with van der Waals surface area (Å²) in [6, 6.07) is 8.73. The van der Waals surface area contributed by atoms with Crippen molar-refractivity contribution in [2.45, 2.75) is 25.7 Å². The fraction of sp³-hybridized carbons (Fsp3) is 0.300. The van der Waals surface area contributed by atoms with E-state index >= 15 is 0 Å². The number of amides is 1. The van der Waals surface area contributed by atoms with Crippen LogP contribution in [0.25, 0.3) is 5.69 Å². The molecule has 0 atom stereocenters. The van der Waals surface area contributed by atoms with Gasteiger partial charge in [0.2, 0.25) is 10.0 Å². The number of hydrogen-bond donors (Lipinski definition) is 1. The van der Waals surface area contributed by atoms with Crippen molar-refractivity contribution in [3.8, 4) is 5.69 Å². The summed E-state index contributed by atoms with van der Waals surface area (Å²) in [6.07, 6.45) is 1.40. The number of aromatic nitrogens is 3. The highest BCUT2D eigenvalue weighted by atomic mass is 32.2. The third-order valence-corrected chi connectivity index (χ3v) is 6.95. The van der Waals surface area contributed by atoms with Gasteiger partial charge in [-0.25, -0.2) is 13.1 Å². The lowest BCUT2D eigenvalue weighted by Crippen LogP contribution is -2.30. The monoisotopic (exact) mass is 460 g/mol. The van der Waals surface area contributed by atoms with E-state index in [1.807, 2.05) is 0 Å². The topological polar surface area (TPSA) is 132 Å². The van der Waals surface area contributed by atoms with Gasteiger partial charge in [-0.2, -0.15) is 9.40 Å². The fourth-order valence-corrected chi connectivity index (χ4v) is 4.82. The Bertz CT molecular complexity index is 1260. The molecule has 0 saturated heterocycles. The number of sulfonamides is 1. The largest absolute Gasteiger partial charge is 0.345 e. The van der Waals surface area contributed by atoms with Gasteiger partial charge in [-0.05, 0) is 25.1 Å². The van der Waals surface area contributed by atoms with Gasteiger partial charge < -0.3 is 9.88 Å². The van der Waals surface area contributed by atoms with Gasteiger partial charge in [-0.15, -0.1) is 0 Å². The molecule has 0 saturated carbocycles. The van der Waals surface area contributed by atoms with Crippen LogP contribution in [0.3, 0.4) is 0 Å². The zero-order valence-corrected chi connectivity index (χ0v) is 19.0. The summed E-state index contributed by atoms with van der Waals surface area (Å²) in [7, 11) is -2.12. The summed E-state index contributed by atoms with van der Waals surface area (Å²) in [5.74, 6) is -0.174. The van der Waals surface area contributed by atoms with Gasteiger partial charge in [0.25, 0.3) is 11.6 Å². The normalized spacial score (nSPS) is 11.7. The van der Waals surface area contributed by atoms with E-state index < -0.39 is 20.9 Å². The molecule has 0 aliphatic rings. The first kappa shape index (κ1) is 23.2. The van der Waals surface area contributed by atoms with Crippen LogP contribution in [0.15, 0.2) is 47.5 Å². The van der Waals surface area contributed by atoms with Crippen molar-refractivity contribution in [1.29, 1.82) is 0 Å². The summed E-state index contributed by atoms with van der Waals surface area (Å²) in [4.78, 5) is 23.4. The summed E-state index contributed by atoms with van der Waals surface area (Å²) in [5.41, 5.74) is 1.24. The molecule has 3 rings (SSSR count). The van der Waals surface area contributed by atoms with Gasteiger partial charge in [0.15, 0.2) is 0 Å². The predicted octanol–water partition coefficient (Wildman–Crippen LogP) is 2.71. The van der Waals surface area contributed by atoms with E-state index in [0.717, 1.165) is 0 Å². The molecule has 0 aliphatic heterocycles. The summed E-state index contributed by atoms with van der Waals surface area (Å²) in [6.45, 7) is 5.89. The number of nitrogens with zero attached hydrogens (tertiary/aromatic N) is 5. The molecule has 1 amide bonds. The quantitative estimate of drug-likeness (QED) is 0.406. The third kappa shape index (κ3) is 4.41. The van der Waals surface area contributed by atoms with Crippen molar-refractivity contribution >= 4 is 27.4 Å². The van der Waals surface area contributed by atoms with Gasteiger partial charge in [0, 0.05) is 44.5 Å². The molecule has 170 valence electrons.